The quantitative estimate of drug-likeness (QED) is 0.253. The number of nitrogens with two attached hydrogens (primary N) is 1. The van der Waals surface area contributed by atoms with Gasteiger partial charge < -0.3 is 15.5 Å². The minimum absolute atomic E-state index is 0.0673. The molecule has 154 valence electrons. The molecule has 9 nitrogen and oxygen atoms in total. The lowest BCUT2D eigenvalue weighted by atomic mass is 10.1. The first-order chi connectivity index (χ1) is 14.0. The molecule has 10 heteroatoms. The predicted molar refractivity (Wildman–Crippen MR) is 108 cm³/mol. The van der Waals surface area contributed by atoms with Crippen LogP contribution in [0.2, 0.25) is 0 Å². The zero-order valence-electron chi connectivity index (χ0n) is 16.5. The van der Waals surface area contributed by atoms with Crippen molar-refractivity contribution in [2.45, 2.75) is 26.5 Å². The normalized spacial score (nSPS) is 15.2. The molecule has 3 rings (SSSR count). The Kier molecular flexibility index (Phi) is 6.65. The highest BCUT2D eigenvalue weighted by Crippen LogP contribution is 2.31. The Morgan fingerprint density at radius 2 is 2.07 bits per heavy atom. The van der Waals surface area contributed by atoms with Crippen molar-refractivity contribution in [1.82, 2.24) is 15.1 Å². The number of nitrogens with one attached hydrogen (secondary N) is 1. The molecule has 0 atom stereocenters. The zero-order valence-corrected chi connectivity index (χ0v) is 16.5. The standard InChI is InChI=1S/C19H25FN8O/c1-13(2)29-15-10-16(20)18(19(21)25-26-22)17(11-15)28-8-6-27(7-9-28)12-14-4-3-5-23-24-14/h3-5,10-11,13H,6-9,12H2,1-2H3,(H3,21,22,25). The molecular formula is C19H25FN8O. The maximum atomic E-state index is 14.8. The maximum absolute atomic E-state index is 14.8. The fraction of sp³-hybridized carbons (Fsp3) is 0.421. The van der Waals surface area contributed by atoms with E-state index in [2.05, 4.69) is 25.4 Å². The van der Waals surface area contributed by atoms with E-state index in [4.69, 9.17) is 16.0 Å². The number of halogens is 1. The first-order valence-electron chi connectivity index (χ1n) is 9.42. The van der Waals surface area contributed by atoms with Crippen molar-refractivity contribution >= 4 is 11.5 Å². The van der Waals surface area contributed by atoms with Crippen LogP contribution < -0.4 is 15.5 Å². The summed E-state index contributed by atoms with van der Waals surface area (Å²) >= 11 is 0. The van der Waals surface area contributed by atoms with Gasteiger partial charge in [0.2, 0.25) is 0 Å². The molecule has 0 bridgehead atoms. The number of rotatable bonds is 6. The zero-order chi connectivity index (χ0) is 20.8. The Morgan fingerprint density at radius 3 is 2.69 bits per heavy atom. The van der Waals surface area contributed by atoms with Crippen LogP contribution in [0.3, 0.4) is 0 Å². The molecule has 1 aromatic heterocycles. The molecule has 3 N–H and O–H groups in total. The Labute approximate surface area is 168 Å². The lowest BCUT2D eigenvalue weighted by Gasteiger charge is -2.36. The number of hydrogen-bond donors (Lipinski definition) is 2. The minimum atomic E-state index is -0.586. The van der Waals surface area contributed by atoms with Gasteiger partial charge in [-0.2, -0.15) is 10.2 Å². The van der Waals surface area contributed by atoms with E-state index in [-0.39, 0.29) is 17.5 Å². The molecule has 1 aliphatic rings. The second-order valence-electron chi connectivity index (χ2n) is 7.01. The van der Waals surface area contributed by atoms with E-state index < -0.39 is 5.82 Å². The summed E-state index contributed by atoms with van der Waals surface area (Å²) in [4.78, 5) is 4.29. The van der Waals surface area contributed by atoms with E-state index in [1.807, 2.05) is 30.9 Å². The van der Waals surface area contributed by atoms with Crippen LogP contribution in [-0.4, -0.2) is 53.2 Å². The van der Waals surface area contributed by atoms with Crippen LogP contribution in [0.25, 0.3) is 0 Å². The highest BCUT2D eigenvalue weighted by molar-refractivity contribution is 6.02. The van der Waals surface area contributed by atoms with Gasteiger partial charge in [-0.3, -0.25) is 10.3 Å². The van der Waals surface area contributed by atoms with Crippen molar-refractivity contribution < 1.29 is 9.13 Å². The molecule has 0 unspecified atom stereocenters. The van der Waals surface area contributed by atoms with Gasteiger partial charge in [0, 0.05) is 51.1 Å². The van der Waals surface area contributed by atoms with Gasteiger partial charge in [0.25, 0.3) is 0 Å². The molecule has 1 saturated heterocycles. The van der Waals surface area contributed by atoms with Crippen LogP contribution in [0.1, 0.15) is 25.1 Å². The minimum Gasteiger partial charge on any atom is -0.491 e. The third-order valence-electron chi connectivity index (χ3n) is 4.54. The summed E-state index contributed by atoms with van der Waals surface area (Å²) in [6, 6.07) is 6.82. The van der Waals surface area contributed by atoms with Gasteiger partial charge in [0.05, 0.1) is 23.0 Å². The molecule has 1 aromatic carbocycles. The van der Waals surface area contributed by atoms with Gasteiger partial charge in [0.15, 0.2) is 5.84 Å². The molecule has 0 aliphatic carbocycles. The molecule has 1 aliphatic heterocycles. The van der Waals surface area contributed by atoms with Gasteiger partial charge in [-0.1, -0.05) is 5.22 Å². The predicted octanol–water partition coefficient (Wildman–Crippen LogP) is 2.38. The molecule has 2 aromatic rings. The average molecular weight is 400 g/mol. The monoisotopic (exact) mass is 400 g/mol. The number of piperazine rings is 1. The van der Waals surface area contributed by atoms with E-state index in [9.17, 15) is 4.39 Å². The summed E-state index contributed by atoms with van der Waals surface area (Å²) in [6.07, 6.45) is 1.55. The number of anilines is 1. The first kappa shape index (κ1) is 20.6. The van der Waals surface area contributed by atoms with Crippen LogP contribution in [-0.2, 0) is 6.54 Å². The smallest absolute Gasteiger partial charge is 0.181 e. The van der Waals surface area contributed by atoms with Gasteiger partial charge in [-0.05, 0) is 26.0 Å². The van der Waals surface area contributed by atoms with Crippen LogP contribution in [0.4, 0.5) is 10.1 Å². The van der Waals surface area contributed by atoms with Crippen molar-refractivity contribution in [3.05, 3.63) is 47.5 Å². The fourth-order valence-electron chi connectivity index (χ4n) is 3.29. The molecule has 2 heterocycles. The summed E-state index contributed by atoms with van der Waals surface area (Å²) in [6.45, 7) is 7.30. The maximum Gasteiger partial charge on any atom is 0.181 e. The number of aromatic nitrogens is 2. The Morgan fingerprint density at radius 1 is 1.31 bits per heavy atom. The first-order valence-corrected chi connectivity index (χ1v) is 9.42. The van der Waals surface area contributed by atoms with Crippen LogP contribution >= 0.6 is 0 Å². The summed E-state index contributed by atoms with van der Waals surface area (Å²) in [5.74, 6) is 4.58. The summed E-state index contributed by atoms with van der Waals surface area (Å²) in [7, 11) is 0. The number of ether oxygens (including phenoxy) is 1. The van der Waals surface area contributed by atoms with E-state index in [1.165, 1.54) is 6.07 Å². The molecule has 0 radical (unpaired) electrons. The van der Waals surface area contributed by atoms with Crippen molar-refractivity contribution in [1.29, 1.82) is 5.41 Å². The van der Waals surface area contributed by atoms with Crippen molar-refractivity contribution in [2.24, 2.45) is 16.2 Å². The third kappa shape index (κ3) is 5.23. The fourth-order valence-corrected chi connectivity index (χ4v) is 3.29. The van der Waals surface area contributed by atoms with Crippen molar-refractivity contribution in [2.75, 3.05) is 31.1 Å². The SMILES string of the molecule is CC(C)Oc1cc(F)c(C(=N)N=NN)c(N2CCN(Cc3cccnn3)CC2)c1. The van der Waals surface area contributed by atoms with Crippen molar-refractivity contribution in [3.63, 3.8) is 0 Å². The molecular weight excluding hydrogens is 375 g/mol. The Balaban J connectivity index is 1.81. The second kappa shape index (κ2) is 9.37. The molecule has 29 heavy (non-hydrogen) atoms. The van der Waals surface area contributed by atoms with E-state index >= 15 is 0 Å². The van der Waals surface area contributed by atoms with Crippen LogP contribution in [0.5, 0.6) is 5.75 Å². The van der Waals surface area contributed by atoms with Crippen LogP contribution in [0.15, 0.2) is 40.8 Å². The van der Waals surface area contributed by atoms with Gasteiger partial charge in [0.1, 0.15) is 11.6 Å². The number of hydrogen-bond acceptors (Lipinski definition) is 7. The molecule has 0 spiro atoms. The largest absolute Gasteiger partial charge is 0.491 e. The third-order valence-corrected chi connectivity index (χ3v) is 4.54. The number of amidine groups is 1. The lowest BCUT2D eigenvalue weighted by molar-refractivity contribution is 0.239. The molecule has 0 amide bonds. The van der Waals surface area contributed by atoms with Gasteiger partial charge >= 0.3 is 0 Å². The van der Waals surface area contributed by atoms with Gasteiger partial charge in [-0.25, -0.2) is 4.39 Å². The molecule has 0 saturated carbocycles. The van der Waals surface area contributed by atoms with E-state index in [0.717, 1.165) is 18.8 Å². The van der Waals surface area contributed by atoms with Crippen LogP contribution in [0, 0.1) is 11.2 Å². The lowest BCUT2D eigenvalue weighted by Crippen LogP contribution is -2.46. The van der Waals surface area contributed by atoms with Gasteiger partial charge in [-0.15, -0.1) is 5.11 Å². The number of nitrogens with zero attached hydrogens (tertiary/aromatic N) is 6. The summed E-state index contributed by atoms with van der Waals surface area (Å²) in [5.41, 5.74) is 1.53. The Hall–Kier alpha value is -3.14. The van der Waals surface area contributed by atoms with E-state index in [0.29, 0.717) is 31.1 Å². The topological polar surface area (TPSA) is 116 Å². The molecule has 1 fully saturated rings. The average Bonchev–Trinajstić information content (AvgIpc) is 2.68. The Bertz CT molecular complexity index is 866. The summed E-state index contributed by atoms with van der Waals surface area (Å²) < 4.78 is 20.5. The summed E-state index contributed by atoms with van der Waals surface area (Å²) in [5, 5.41) is 22.7. The highest BCUT2D eigenvalue weighted by Gasteiger charge is 2.25. The number of benzene rings is 1. The van der Waals surface area contributed by atoms with E-state index in [1.54, 1.807) is 12.3 Å². The van der Waals surface area contributed by atoms with Crippen molar-refractivity contribution in [3.8, 4) is 5.75 Å². The second-order valence-corrected chi connectivity index (χ2v) is 7.01. The highest BCUT2D eigenvalue weighted by atomic mass is 19.1.